The summed E-state index contributed by atoms with van der Waals surface area (Å²) in [6.07, 6.45) is 4.85. The Balaban J connectivity index is 0.00000217. The Labute approximate surface area is 312 Å². The fourth-order valence-corrected chi connectivity index (χ4v) is 6.88. The molecule has 1 aromatic heterocycles. The van der Waals surface area contributed by atoms with E-state index in [-0.39, 0.29) is 29.5 Å². The Bertz CT molecular complexity index is 1530. The van der Waals surface area contributed by atoms with Crippen molar-refractivity contribution in [3.8, 4) is 5.75 Å². The Morgan fingerprint density at radius 1 is 1.08 bits per heavy atom. The molecule has 3 aromatic rings. The van der Waals surface area contributed by atoms with Gasteiger partial charge in [-0.2, -0.15) is 4.98 Å². The number of rotatable bonds is 14. The minimum Gasteiger partial charge on any atom is -0.489 e. The van der Waals surface area contributed by atoms with Crippen LogP contribution in [0.4, 0.5) is 23.1 Å². The van der Waals surface area contributed by atoms with E-state index in [4.69, 9.17) is 16.3 Å². The largest absolute Gasteiger partial charge is 0.489 e. The first-order valence-corrected chi connectivity index (χ1v) is 20.1. The topological polar surface area (TPSA) is 120 Å². The van der Waals surface area contributed by atoms with Gasteiger partial charge < -0.3 is 25.2 Å². The summed E-state index contributed by atoms with van der Waals surface area (Å²) in [6, 6.07) is 11.5. The lowest BCUT2D eigenvalue weighted by atomic mass is 9.99. The minimum absolute atomic E-state index is 0.0493. The Kier molecular flexibility index (Phi) is 18.9. The number of aromatic nitrogens is 2. The van der Waals surface area contributed by atoms with Gasteiger partial charge in [-0.15, -0.1) is 0 Å². The summed E-state index contributed by atoms with van der Waals surface area (Å²) in [4.78, 5) is 49.1. The summed E-state index contributed by atoms with van der Waals surface area (Å²) in [5, 5.41) is 7.62. The number of nitrogens with one attached hydrogen (secondary N) is 2. The Morgan fingerprint density at radius 3 is 2.31 bits per heavy atom. The van der Waals surface area contributed by atoms with Gasteiger partial charge in [0.2, 0.25) is 11.9 Å². The number of aldehydes is 1. The van der Waals surface area contributed by atoms with E-state index in [1.54, 1.807) is 6.07 Å². The number of likely N-dealkylation sites (tertiary alicyclic amines) is 1. The number of amides is 1. The number of piperidine rings is 1. The van der Waals surface area contributed by atoms with Crippen LogP contribution in [0.3, 0.4) is 0 Å². The summed E-state index contributed by atoms with van der Waals surface area (Å²) in [5.41, 5.74) is 2.74. The van der Waals surface area contributed by atoms with E-state index in [2.05, 4.69) is 32.5 Å². The second kappa shape index (κ2) is 21.9. The molecule has 1 aliphatic rings. The molecule has 0 radical (unpaired) electrons. The summed E-state index contributed by atoms with van der Waals surface area (Å²) < 4.78 is 6.21. The van der Waals surface area contributed by atoms with E-state index in [0.29, 0.717) is 40.4 Å². The van der Waals surface area contributed by atoms with Crippen LogP contribution in [-0.4, -0.2) is 74.8 Å². The minimum atomic E-state index is -1.38. The first kappa shape index (κ1) is 43.9. The molecular formula is C39H60ClN6O4P. The van der Waals surface area contributed by atoms with E-state index in [0.717, 1.165) is 55.2 Å². The fraction of sp³-hybridized carbons (Fsp3) is 0.538. The molecule has 12 heteroatoms. The molecule has 1 fully saturated rings. The van der Waals surface area contributed by atoms with E-state index in [9.17, 15) is 14.5 Å². The van der Waals surface area contributed by atoms with Gasteiger partial charge in [0.1, 0.15) is 17.1 Å². The molecule has 2 aromatic carbocycles. The van der Waals surface area contributed by atoms with Gasteiger partial charge in [0.15, 0.2) is 5.82 Å². The number of ether oxygens (including phenoxy) is 1. The molecule has 0 aliphatic carbocycles. The molecule has 1 aliphatic heterocycles. The van der Waals surface area contributed by atoms with Crippen molar-refractivity contribution in [3.63, 3.8) is 0 Å². The Hall–Kier alpha value is -3.30. The van der Waals surface area contributed by atoms with E-state index in [1.165, 1.54) is 6.20 Å². The number of benzene rings is 2. The van der Waals surface area contributed by atoms with Crippen LogP contribution in [0, 0.1) is 5.92 Å². The lowest BCUT2D eigenvalue weighted by Crippen LogP contribution is -2.46. The van der Waals surface area contributed by atoms with Crippen LogP contribution in [0.15, 0.2) is 42.6 Å². The molecule has 4 rings (SSSR count). The van der Waals surface area contributed by atoms with Crippen LogP contribution in [0.1, 0.15) is 104 Å². The van der Waals surface area contributed by atoms with Gasteiger partial charge in [-0.05, 0) is 63.9 Å². The SMILES string of the molecule is CC.CC.CCC(C)C(=O)N1CCC(N(C)Cc2cc(OC(C)C)c(Nc3ncc(Cl)c(Nc4ccccc4P(O)C(C)C)n3)cc2C=O)CC1. The monoisotopic (exact) mass is 742 g/mol. The standard InChI is InChI=1S/C35H48ClN6O4P.2C2H6/c1-8-24(6)34(44)42-15-13-27(14-16-42)41(7)20-25-18-31(46-22(2)3)30(17-26(25)21-43)39-35-37-19-28(36)33(40-35)38-29-11-9-10-12-32(29)47(45)23(4)5;2*1-2/h9-12,17-19,21-24,27,45H,8,13-16,20H2,1-7H3,(H2,37,38,39,40);2*1-2H3. The zero-order chi connectivity index (χ0) is 38.2. The van der Waals surface area contributed by atoms with Gasteiger partial charge in [-0.25, -0.2) is 4.98 Å². The lowest BCUT2D eigenvalue weighted by molar-refractivity contribution is -0.136. The van der Waals surface area contributed by atoms with Crippen molar-refractivity contribution in [2.75, 3.05) is 30.8 Å². The molecule has 0 saturated carbocycles. The zero-order valence-corrected chi connectivity index (χ0v) is 34.1. The van der Waals surface area contributed by atoms with Crippen molar-refractivity contribution >= 4 is 60.4 Å². The van der Waals surface area contributed by atoms with Crippen LogP contribution in [0.5, 0.6) is 5.75 Å². The summed E-state index contributed by atoms with van der Waals surface area (Å²) >= 11 is 6.50. The molecule has 1 amide bonds. The molecule has 282 valence electrons. The zero-order valence-electron chi connectivity index (χ0n) is 32.5. The maximum atomic E-state index is 12.7. The van der Waals surface area contributed by atoms with Crippen molar-refractivity contribution in [3.05, 3.63) is 58.7 Å². The molecule has 10 nitrogen and oxygen atoms in total. The van der Waals surface area contributed by atoms with Gasteiger partial charge in [-0.1, -0.05) is 85.2 Å². The van der Waals surface area contributed by atoms with Crippen molar-refractivity contribution < 1.29 is 19.2 Å². The highest BCUT2D eigenvalue weighted by Gasteiger charge is 2.28. The smallest absolute Gasteiger partial charge is 0.229 e. The quantitative estimate of drug-likeness (QED) is 0.110. The predicted octanol–water partition coefficient (Wildman–Crippen LogP) is 9.16. The number of hydrogen-bond donors (Lipinski definition) is 3. The van der Waals surface area contributed by atoms with E-state index >= 15 is 0 Å². The number of halogens is 1. The van der Waals surface area contributed by atoms with Crippen molar-refractivity contribution in [1.29, 1.82) is 0 Å². The van der Waals surface area contributed by atoms with Crippen molar-refractivity contribution in [2.24, 2.45) is 5.92 Å². The fourth-order valence-electron chi connectivity index (χ4n) is 5.57. The molecule has 2 heterocycles. The average molecular weight is 743 g/mol. The maximum absolute atomic E-state index is 12.7. The summed E-state index contributed by atoms with van der Waals surface area (Å²) in [7, 11) is 0.683. The second-order valence-corrected chi connectivity index (χ2v) is 15.3. The molecule has 51 heavy (non-hydrogen) atoms. The van der Waals surface area contributed by atoms with Crippen LogP contribution < -0.4 is 20.7 Å². The lowest BCUT2D eigenvalue weighted by Gasteiger charge is -2.38. The van der Waals surface area contributed by atoms with Gasteiger partial charge in [0.05, 0.1) is 26.1 Å². The van der Waals surface area contributed by atoms with Crippen LogP contribution in [0.2, 0.25) is 5.02 Å². The number of anilines is 4. The van der Waals surface area contributed by atoms with Gasteiger partial charge in [-0.3, -0.25) is 14.5 Å². The molecule has 0 spiro atoms. The van der Waals surface area contributed by atoms with Crippen LogP contribution in [0.25, 0.3) is 0 Å². The predicted molar refractivity (Wildman–Crippen MR) is 215 cm³/mol. The molecule has 1 saturated heterocycles. The number of nitrogens with zero attached hydrogens (tertiary/aromatic N) is 4. The number of carbonyl (C=O) groups excluding carboxylic acids is 2. The van der Waals surface area contributed by atoms with Gasteiger partial charge in [0.25, 0.3) is 0 Å². The third-order valence-corrected chi connectivity index (χ3v) is 10.6. The third kappa shape index (κ3) is 12.4. The highest BCUT2D eigenvalue weighted by atomic mass is 35.5. The summed E-state index contributed by atoms with van der Waals surface area (Å²) in [5.74, 6) is 1.50. The number of carbonyl (C=O) groups is 2. The van der Waals surface area contributed by atoms with Gasteiger partial charge in [0, 0.05) is 53.8 Å². The average Bonchev–Trinajstić information content (AvgIpc) is 3.14. The molecule has 2 unspecified atom stereocenters. The first-order chi connectivity index (χ1) is 24.4. The number of para-hydroxylation sites is 1. The molecule has 0 bridgehead atoms. The molecule has 2 atom stereocenters. The molecule has 3 N–H and O–H groups in total. The normalized spacial score (nSPS) is 14.2. The second-order valence-electron chi connectivity index (χ2n) is 12.7. The number of hydrogen-bond acceptors (Lipinski definition) is 9. The highest BCUT2D eigenvalue weighted by Crippen LogP contribution is 2.39. The third-order valence-electron chi connectivity index (χ3n) is 8.47. The molecular weight excluding hydrogens is 683 g/mol. The summed E-state index contributed by atoms with van der Waals surface area (Å²) in [6.45, 7) is 21.9. The van der Waals surface area contributed by atoms with Crippen LogP contribution >= 0.6 is 19.7 Å². The van der Waals surface area contributed by atoms with E-state index in [1.807, 2.05) is 104 Å². The van der Waals surface area contributed by atoms with E-state index < -0.39 is 8.15 Å². The van der Waals surface area contributed by atoms with Crippen molar-refractivity contribution in [2.45, 2.75) is 113 Å². The van der Waals surface area contributed by atoms with Crippen LogP contribution in [-0.2, 0) is 11.3 Å². The van der Waals surface area contributed by atoms with Crippen molar-refractivity contribution in [1.82, 2.24) is 19.8 Å². The Morgan fingerprint density at radius 2 is 1.73 bits per heavy atom. The highest BCUT2D eigenvalue weighted by molar-refractivity contribution is 7.61. The maximum Gasteiger partial charge on any atom is 0.229 e. The first-order valence-electron chi connectivity index (χ1n) is 18.3. The van der Waals surface area contributed by atoms with Gasteiger partial charge >= 0.3 is 0 Å².